The minimum atomic E-state index is -0.667. The van der Waals surface area contributed by atoms with Gasteiger partial charge in [-0.1, -0.05) is 12.7 Å². The molecule has 1 aliphatic carbocycles. The van der Waals surface area contributed by atoms with Gasteiger partial charge in [0.1, 0.15) is 12.2 Å². The first-order valence-electron chi connectivity index (χ1n) is 8.94. The van der Waals surface area contributed by atoms with Gasteiger partial charge in [-0.05, 0) is 39.3 Å². The zero-order chi connectivity index (χ0) is 19.2. The van der Waals surface area contributed by atoms with Gasteiger partial charge >= 0.3 is 11.9 Å². The quantitative estimate of drug-likeness (QED) is 0.351. The minimum Gasteiger partial charge on any atom is -0.458 e. The number of allylic oxidation sites excluding steroid dienone is 1. The summed E-state index contributed by atoms with van der Waals surface area (Å²) in [6, 6.07) is 0. The molecule has 0 aromatic rings. The number of esters is 2. The van der Waals surface area contributed by atoms with Gasteiger partial charge in [0, 0.05) is 24.0 Å². The lowest BCUT2D eigenvalue weighted by atomic mass is 9.82. The third kappa shape index (κ3) is 3.35. The van der Waals surface area contributed by atoms with E-state index in [9.17, 15) is 14.7 Å². The van der Waals surface area contributed by atoms with Crippen molar-refractivity contribution in [2.24, 2.45) is 5.92 Å². The van der Waals surface area contributed by atoms with E-state index >= 15 is 0 Å². The molecule has 0 amide bonds. The van der Waals surface area contributed by atoms with Crippen molar-refractivity contribution >= 4 is 11.9 Å². The summed E-state index contributed by atoms with van der Waals surface area (Å²) >= 11 is 0. The number of carbonyl (C=O) groups is 2. The molecule has 6 heteroatoms. The third-order valence-electron chi connectivity index (χ3n) is 5.71. The van der Waals surface area contributed by atoms with Crippen molar-refractivity contribution in [3.63, 3.8) is 0 Å². The number of rotatable bonds is 2. The SMILES string of the molecule is C=C1C(=O)O[C@@H]2C=C(C)[C@@H](O)C[C@H]3O[C@]3(C)C[C@@H](OC(=O)C(C)=CC)[C@@H]12. The molecule has 1 N–H and O–H groups in total. The molecule has 0 radical (unpaired) electrons. The molecule has 0 aromatic heterocycles. The van der Waals surface area contributed by atoms with E-state index in [0.717, 1.165) is 0 Å². The van der Waals surface area contributed by atoms with Gasteiger partial charge in [0.05, 0.1) is 23.7 Å². The highest BCUT2D eigenvalue weighted by Gasteiger charge is 2.57. The van der Waals surface area contributed by atoms with E-state index in [2.05, 4.69) is 6.58 Å². The Hall–Kier alpha value is -1.92. The highest BCUT2D eigenvalue weighted by molar-refractivity contribution is 5.92. The number of aliphatic hydroxyl groups is 1. The Bertz CT molecular complexity index is 705. The Labute approximate surface area is 153 Å². The first kappa shape index (κ1) is 18.9. The molecule has 6 nitrogen and oxygen atoms in total. The lowest BCUT2D eigenvalue weighted by Crippen LogP contribution is -2.37. The molecule has 142 valence electrons. The number of carbonyl (C=O) groups excluding carboxylic acids is 2. The molecule has 6 atom stereocenters. The summed E-state index contributed by atoms with van der Waals surface area (Å²) in [5, 5.41) is 10.4. The monoisotopic (exact) mass is 362 g/mol. The standard InChI is InChI=1S/C20H26O6/c1-6-10(2)18(22)25-15-9-20(5)16(26-20)8-13(21)11(3)7-14-17(15)12(4)19(23)24-14/h6-7,13-17,21H,4,8-9H2,1-3,5H3/t13-,14+,15+,16+,17-,20+/m0/s1. The summed E-state index contributed by atoms with van der Waals surface area (Å²) in [5.41, 5.74) is 0.974. The van der Waals surface area contributed by atoms with Crippen LogP contribution in [-0.4, -0.2) is 47.1 Å². The fourth-order valence-corrected chi connectivity index (χ4v) is 3.70. The van der Waals surface area contributed by atoms with Crippen molar-refractivity contribution in [1.29, 1.82) is 0 Å². The van der Waals surface area contributed by atoms with Gasteiger partial charge in [-0.3, -0.25) is 0 Å². The Morgan fingerprint density at radius 3 is 2.85 bits per heavy atom. The van der Waals surface area contributed by atoms with Crippen molar-refractivity contribution in [2.45, 2.75) is 70.6 Å². The van der Waals surface area contributed by atoms with Gasteiger partial charge in [-0.15, -0.1) is 0 Å². The molecule has 0 unspecified atom stereocenters. The Morgan fingerprint density at radius 2 is 2.19 bits per heavy atom. The molecule has 3 rings (SSSR count). The zero-order valence-electron chi connectivity index (χ0n) is 15.7. The zero-order valence-corrected chi connectivity index (χ0v) is 15.7. The second kappa shape index (κ2) is 6.67. The highest BCUT2D eigenvalue weighted by Crippen LogP contribution is 2.47. The van der Waals surface area contributed by atoms with Crippen molar-refractivity contribution in [2.75, 3.05) is 0 Å². The molecule has 2 heterocycles. The Balaban J connectivity index is 1.98. The van der Waals surface area contributed by atoms with Gasteiger partial charge in [-0.25, -0.2) is 9.59 Å². The average Bonchev–Trinajstić information content (AvgIpc) is 3.11. The van der Waals surface area contributed by atoms with Crippen LogP contribution in [0.2, 0.25) is 0 Å². The van der Waals surface area contributed by atoms with Crippen molar-refractivity contribution in [3.05, 3.63) is 35.5 Å². The van der Waals surface area contributed by atoms with E-state index < -0.39 is 41.8 Å². The van der Waals surface area contributed by atoms with Crippen LogP contribution in [0.4, 0.5) is 0 Å². The Morgan fingerprint density at radius 1 is 1.50 bits per heavy atom. The van der Waals surface area contributed by atoms with E-state index in [4.69, 9.17) is 14.2 Å². The normalized spacial score (nSPS) is 40.1. The second-order valence-electron chi connectivity index (χ2n) is 7.62. The van der Waals surface area contributed by atoms with Gasteiger partial charge in [0.25, 0.3) is 0 Å². The lowest BCUT2D eigenvalue weighted by Gasteiger charge is -2.29. The first-order valence-corrected chi connectivity index (χ1v) is 8.94. The summed E-state index contributed by atoms with van der Waals surface area (Å²) in [6.07, 6.45) is 2.29. The van der Waals surface area contributed by atoms with Crippen LogP contribution in [0.3, 0.4) is 0 Å². The number of hydrogen-bond acceptors (Lipinski definition) is 6. The molecule has 3 aliphatic rings. The van der Waals surface area contributed by atoms with E-state index in [1.165, 1.54) is 0 Å². The molecule has 0 aromatic carbocycles. The van der Waals surface area contributed by atoms with Crippen LogP contribution in [0.5, 0.6) is 0 Å². The van der Waals surface area contributed by atoms with E-state index in [1.807, 2.05) is 6.92 Å². The largest absolute Gasteiger partial charge is 0.458 e. The molecule has 0 spiro atoms. The van der Waals surface area contributed by atoms with Gasteiger partial charge < -0.3 is 19.3 Å². The summed E-state index contributed by atoms with van der Waals surface area (Å²) in [7, 11) is 0. The smallest absolute Gasteiger partial charge is 0.334 e. The predicted octanol–water partition coefficient (Wildman–Crippen LogP) is 2.22. The van der Waals surface area contributed by atoms with Crippen molar-refractivity contribution in [3.8, 4) is 0 Å². The van der Waals surface area contributed by atoms with E-state index in [-0.39, 0.29) is 11.7 Å². The van der Waals surface area contributed by atoms with E-state index in [0.29, 0.717) is 24.0 Å². The minimum absolute atomic E-state index is 0.118. The van der Waals surface area contributed by atoms with Crippen LogP contribution in [0.1, 0.15) is 40.5 Å². The van der Waals surface area contributed by atoms with Crippen LogP contribution in [0.25, 0.3) is 0 Å². The maximum Gasteiger partial charge on any atom is 0.334 e. The lowest BCUT2D eigenvalue weighted by molar-refractivity contribution is -0.148. The van der Waals surface area contributed by atoms with Crippen LogP contribution in [0, 0.1) is 5.92 Å². The molecule has 26 heavy (non-hydrogen) atoms. The summed E-state index contributed by atoms with van der Waals surface area (Å²) < 4.78 is 17.0. The van der Waals surface area contributed by atoms with Crippen molar-refractivity contribution in [1.82, 2.24) is 0 Å². The average molecular weight is 362 g/mol. The van der Waals surface area contributed by atoms with Crippen LogP contribution < -0.4 is 0 Å². The molecule has 0 bridgehead atoms. The maximum atomic E-state index is 12.4. The van der Waals surface area contributed by atoms with Crippen molar-refractivity contribution < 1.29 is 28.9 Å². The predicted molar refractivity (Wildman–Crippen MR) is 94.1 cm³/mol. The molecule has 2 fully saturated rings. The van der Waals surface area contributed by atoms with E-state index in [1.54, 1.807) is 32.9 Å². The summed E-state index contributed by atoms with van der Waals surface area (Å²) in [5.74, 6) is -1.43. The maximum absolute atomic E-state index is 12.4. The topological polar surface area (TPSA) is 85.4 Å². The molecule has 2 saturated heterocycles. The Kier molecular flexibility index (Phi) is 4.84. The molecular formula is C20H26O6. The third-order valence-corrected chi connectivity index (χ3v) is 5.71. The molecular weight excluding hydrogens is 336 g/mol. The van der Waals surface area contributed by atoms with Gasteiger partial charge in [-0.2, -0.15) is 0 Å². The number of aliphatic hydroxyl groups excluding tert-OH is 1. The fraction of sp³-hybridized carbons (Fsp3) is 0.600. The highest BCUT2D eigenvalue weighted by atomic mass is 16.6. The van der Waals surface area contributed by atoms with Gasteiger partial charge in [0.2, 0.25) is 0 Å². The number of ether oxygens (including phenoxy) is 3. The first-order chi connectivity index (χ1) is 12.2. The van der Waals surface area contributed by atoms with Gasteiger partial charge in [0.15, 0.2) is 0 Å². The number of hydrogen-bond donors (Lipinski definition) is 1. The molecule has 2 aliphatic heterocycles. The van der Waals surface area contributed by atoms with Crippen LogP contribution >= 0.6 is 0 Å². The van der Waals surface area contributed by atoms with Crippen LogP contribution in [0.15, 0.2) is 35.5 Å². The van der Waals surface area contributed by atoms with Crippen LogP contribution in [-0.2, 0) is 23.8 Å². The summed E-state index contributed by atoms with van der Waals surface area (Å²) in [4.78, 5) is 24.5. The molecule has 0 saturated carbocycles. The fourth-order valence-electron chi connectivity index (χ4n) is 3.70. The summed E-state index contributed by atoms with van der Waals surface area (Å²) in [6.45, 7) is 11.0. The number of fused-ring (bicyclic) bond motifs is 2. The second-order valence-corrected chi connectivity index (χ2v) is 7.62. The number of epoxide rings is 1.